The monoisotopic (exact) mass is 382 g/mol. The van der Waals surface area contributed by atoms with Gasteiger partial charge < -0.3 is 4.74 Å². The SMILES string of the molecule is CCCCCCCCc1cnc(-c2ccc(OCCCCCCC)cc2)nc1. The van der Waals surface area contributed by atoms with Crippen molar-refractivity contribution in [2.45, 2.75) is 90.9 Å². The molecule has 0 fully saturated rings. The quantitative estimate of drug-likeness (QED) is 0.301. The van der Waals surface area contributed by atoms with Gasteiger partial charge in [0.25, 0.3) is 0 Å². The summed E-state index contributed by atoms with van der Waals surface area (Å²) in [5.41, 5.74) is 2.28. The van der Waals surface area contributed by atoms with Gasteiger partial charge in [-0.3, -0.25) is 0 Å². The summed E-state index contributed by atoms with van der Waals surface area (Å²) in [6.45, 7) is 5.30. The molecule has 0 unspecified atom stereocenters. The van der Waals surface area contributed by atoms with Gasteiger partial charge in [-0.05, 0) is 49.1 Å². The fraction of sp³-hybridized carbons (Fsp3) is 0.600. The average Bonchev–Trinajstić information content (AvgIpc) is 2.74. The van der Waals surface area contributed by atoms with Crippen molar-refractivity contribution in [3.63, 3.8) is 0 Å². The summed E-state index contributed by atoms with van der Waals surface area (Å²) < 4.78 is 5.83. The molecule has 0 aliphatic heterocycles. The Balaban J connectivity index is 1.71. The molecule has 154 valence electrons. The maximum Gasteiger partial charge on any atom is 0.159 e. The Morgan fingerprint density at radius 1 is 0.679 bits per heavy atom. The molecule has 0 atom stereocenters. The zero-order valence-corrected chi connectivity index (χ0v) is 18.0. The first-order valence-electron chi connectivity index (χ1n) is 11.4. The lowest BCUT2D eigenvalue weighted by Gasteiger charge is -2.07. The molecule has 1 aromatic carbocycles. The smallest absolute Gasteiger partial charge is 0.159 e. The molecule has 3 nitrogen and oxygen atoms in total. The number of hydrogen-bond donors (Lipinski definition) is 0. The van der Waals surface area contributed by atoms with Crippen molar-refractivity contribution in [1.29, 1.82) is 0 Å². The van der Waals surface area contributed by atoms with Crippen LogP contribution >= 0.6 is 0 Å². The van der Waals surface area contributed by atoms with E-state index in [1.54, 1.807) is 0 Å². The molecule has 0 aliphatic rings. The van der Waals surface area contributed by atoms with Crippen LogP contribution in [0.5, 0.6) is 5.75 Å². The molecule has 0 bridgehead atoms. The summed E-state index contributed by atoms with van der Waals surface area (Å²) in [5, 5.41) is 0. The Hall–Kier alpha value is -1.90. The standard InChI is InChI=1S/C25H38N2O/c1-3-5-7-9-10-12-14-22-20-26-25(27-21-22)23-15-17-24(18-16-23)28-19-13-11-8-6-4-2/h15-18,20-21H,3-14,19H2,1-2H3. The molecule has 0 N–H and O–H groups in total. The topological polar surface area (TPSA) is 35.0 Å². The van der Waals surface area contributed by atoms with Crippen molar-refractivity contribution in [1.82, 2.24) is 9.97 Å². The second kappa shape index (κ2) is 14.1. The maximum absolute atomic E-state index is 5.83. The number of aromatic nitrogens is 2. The van der Waals surface area contributed by atoms with Gasteiger partial charge in [-0.1, -0.05) is 71.6 Å². The molecule has 1 heterocycles. The highest BCUT2D eigenvalue weighted by atomic mass is 16.5. The Morgan fingerprint density at radius 3 is 1.89 bits per heavy atom. The number of rotatable bonds is 15. The third kappa shape index (κ3) is 8.86. The summed E-state index contributed by atoms with van der Waals surface area (Å²) in [4.78, 5) is 9.12. The minimum absolute atomic E-state index is 0.790. The lowest BCUT2D eigenvalue weighted by Crippen LogP contribution is -1.97. The molecule has 0 radical (unpaired) electrons. The van der Waals surface area contributed by atoms with Crippen molar-refractivity contribution >= 4 is 0 Å². The number of ether oxygens (including phenoxy) is 1. The van der Waals surface area contributed by atoms with Crippen LogP contribution in [-0.4, -0.2) is 16.6 Å². The molecular formula is C25H38N2O. The normalized spacial score (nSPS) is 10.9. The van der Waals surface area contributed by atoms with E-state index in [1.165, 1.54) is 69.8 Å². The summed E-state index contributed by atoms with van der Waals surface area (Å²) in [7, 11) is 0. The molecule has 3 heteroatoms. The first-order valence-corrected chi connectivity index (χ1v) is 11.4. The van der Waals surface area contributed by atoms with E-state index in [-0.39, 0.29) is 0 Å². The second-order valence-corrected chi connectivity index (χ2v) is 7.72. The largest absolute Gasteiger partial charge is 0.494 e. The Labute approximate surface area is 172 Å². The van der Waals surface area contributed by atoms with E-state index in [0.29, 0.717) is 0 Å². The van der Waals surface area contributed by atoms with Gasteiger partial charge >= 0.3 is 0 Å². The van der Waals surface area contributed by atoms with Crippen molar-refractivity contribution in [2.75, 3.05) is 6.61 Å². The summed E-state index contributed by atoms with van der Waals surface area (Å²) in [6, 6.07) is 8.15. The highest BCUT2D eigenvalue weighted by Crippen LogP contribution is 2.20. The highest BCUT2D eigenvalue weighted by molar-refractivity contribution is 5.55. The van der Waals surface area contributed by atoms with Crippen LogP contribution in [-0.2, 0) is 6.42 Å². The van der Waals surface area contributed by atoms with Gasteiger partial charge in [-0.2, -0.15) is 0 Å². The van der Waals surface area contributed by atoms with Crippen LogP contribution in [0.4, 0.5) is 0 Å². The van der Waals surface area contributed by atoms with Crippen molar-refractivity contribution < 1.29 is 4.74 Å². The van der Waals surface area contributed by atoms with Crippen LogP contribution in [0, 0.1) is 0 Å². The van der Waals surface area contributed by atoms with Crippen LogP contribution in [0.1, 0.15) is 90.0 Å². The van der Waals surface area contributed by atoms with E-state index in [2.05, 4.69) is 35.9 Å². The first-order chi connectivity index (χ1) is 13.8. The highest BCUT2D eigenvalue weighted by Gasteiger charge is 2.03. The van der Waals surface area contributed by atoms with Gasteiger partial charge in [0.2, 0.25) is 0 Å². The van der Waals surface area contributed by atoms with Gasteiger partial charge in [0.15, 0.2) is 5.82 Å². The Bertz CT molecular complexity index is 565. The summed E-state index contributed by atoms with van der Waals surface area (Å²) >= 11 is 0. The molecule has 2 aromatic rings. The van der Waals surface area contributed by atoms with Crippen molar-refractivity contribution in [3.8, 4) is 17.1 Å². The molecule has 0 saturated heterocycles. The summed E-state index contributed by atoms with van der Waals surface area (Å²) in [5.74, 6) is 1.72. The van der Waals surface area contributed by atoms with E-state index in [1.807, 2.05) is 24.5 Å². The predicted molar refractivity (Wildman–Crippen MR) is 119 cm³/mol. The number of hydrogen-bond acceptors (Lipinski definition) is 3. The van der Waals surface area contributed by atoms with E-state index >= 15 is 0 Å². The van der Waals surface area contributed by atoms with Gasteiger partial charge in [-0.15, -0.1) is 0 Å². The molecule has 1 aromatic heterocycles. The molecule has 0 spiro atoms. The maximum atomic E-state index is 5.83. The lowest BCUT2D eigenvalue weighted by atomic mass is 10.1. The third-order valence-electron chi connectivity index (χ3n) is 5.15. The molecule has 0 aliphatic carbocycles. The van der Waals surface area contributed by atoms with Gasteiger partial charge in [0.1, 0.15) is 5.75 Å². The van der Waals surface area contributed by atoms with E-state index in [4.69, 9.17) is 4.74 Å². The zero-order valence-electron chi connectivity index (χ0n) is 18.0. The Kier molecular flexibility index (Phi) is 11.3. The number of benzene rings is 1. The predicted octanol–water partition coefficient (Wildman–Crippen LogP) is 7.40. The van der Waals surface area contributed by atoms with Gasteiger partial charge in [0, 0.05) is 18.0 Å². The van der Waals surface area contributed by atoms with Gasteiger partial charge in [0.05, 0.1) is 6.61 Å². The fourth-order valence-corrected chi connectivity index (χ4v) is 3.34. The van der Waals surface area contributed by atoms with E-state index in [0.717, 1.165) is 36.6 Å². The van der Waals surface area contributed by atoms with Crippen LogP contribution < -0.4 is 4.74 Å². The Morgan fingerprint density at radius 2 is 1.25 bits per heavy atom. The zero-order chi connectivity index (χ0) is 19.9. The molecule has 2 rings (SSSR count). The molecule has 28 heavy (non-hydrogen) atoms. The number of unbranched alkanes of at least 4 members (excludes halogenated alkanes) is 9. The fourth-order valence-electron chi connectivity index (χ4n) is 3.34. The number of nitrogens with zero attached hydrogens (tertiary/aromatic N) is 2. The summed E-state index contributed by atoms with van der Waals surface area (Å²) in [6.07, 6.45) is 19.3. The first kappa shape index (κ1) is 22.4. The van der Waals surface area contributed by atoms with Crippen LogP contribution in [0.3, 0.4) is 0 Å². The molecule has 0 amide bonds. The molecular weight excluding hydrogens is 344 g/mol. The lowest BCUT2D eigenvalue weighted by molar-refractivity contribution is 0.304. The minimum Gasteiger partial charge on any atom is -0.494 e. The second-order valence-electron chi connectivity index (χ2n) is 7.72. The van der Waals surface area contributed by atoms with Crippen LogP contribution in [0.15, 0.2) is 36.7 Å². The van der Waals surface area contributed by atoms with Gasteiger partial charge in [-0.25, -0.2) is 9.97 Å². The van der Waals surface area contributed by atoms with E-state index in [9.17, 15) is 0 Å². The van der Waals surface area contributed by atoms with Crippen molar-refractivity contribution in [2.24, 2.45) is 0 Å². The average molecular weight is 383 g/mol. The van der Waals surface area contributed by atoms with E-state index < -0.39 is 0 Å². The van der Waals surface area contributed by atoms with Crippen LogP contribution in [0.25, 0.3) is 11.4 Å². The molecule has 0 saturated carbocycles. The van der Waals surface area contributed by atoms with Crippen molar-refractivity contribution in [3.05, 3.63) is 42.2 Å². The number of aryl methyl sites for hydroxylation is 1. The third-order valence-corrected chi connectivity index (χ3v) is 5.15. The van der Waals surface area contributed by atoms with Crippen LogP contribution in [0.2, 0.25) is 0 Å². The minimum atomic E-state index is 0.790.